The first-order chi connectivity index (χ1) is 14.0. The van der Waals surface area contributed by atoms with Crippen LogP contribution in [-0.2, 0) is 16.0 Å². The number of aliphatic hydroxyl groups is 1. The number of nitriles is 1. The minimum atomic E-state index is -0.524. The second-order valence-corrected chi connectivity index (χ2v) is 7.04. The number of benzene rings is 2. The quantitative estimate of drug-likeness (QED) is 0.385. The van der Waals surface area contributed by atoms with Crippen LogP contribution >= 0.6 is 11.6 Å². The highest BCUT2D eigenvalue weighted by Gasteiger charge is 2.28. The number of hydrogen-bond acceptors (Lipinski definition) is 6. The number of H-pyrrole nitrogens is 1. The molecule has 2 N–H and O–H groups in total. The lowest BCUT2D eigenvalue weighted by Crippen LogP contribution is -2.30. The maximum atomic E-state index is 12.4. The van der Waals surface area contributed by atoms with Gasteiger partial charge in [0.15, 0.2) is 11.6 Å². The van der Waals surface area contributed by atoms with Crippen molar-refractivity contribution >= 4 is 34.2 Å². The van der Waals surface area contributed by atoms with Crippen LogP contribution in [0.5, 0.6) is 5.75 Å². The summed E-state index contributed by atoms with van der Waals surface area (Å²) in [5.41, 5.74) is 2.14. The van der Waals surface area contributed by atoms with Crippen LogP contribution in [0.25, 0.3) is 16.6 Å². The Bertz CT molecular complexity index is 1130. The van der Waals surface area contributed by atoms with E-state index in [4.69, 9.17) is 21.1 Å². The van der Waals surface area contributed by atoms with Crippen molar-refractivity contribution in [2.24, 2.45) is 5.92 Å². The summed E-state index contributed by atoms with van der Waals surface area (Å²) in [6.45, 7) is -0.260. The number of halogens is 1. The molecule has 7 nitrogen and oxygen atoms in total. The van der Waals surface area contributed by atoms with E-state index >= 15 is 0 Å². The van der Waals surface area contributed by atoms with E-state index in [1.165, 1.54) is 0 Å². The molecule has 8 heteroatoms. The second kappa shape index (κ2) is 7.86. The van der Waals surface area contributed by atoms with E-state index in [1.54, 1.807) is 24.3 Å². The van der Waals surface area contributed by atoms with Gasteiger partial charge in [0, 0.05) is 5.02 Å². The predicted molar refractivity (Wildman–Crippen MR) is 106 cm³/mol. The van der Waals surface area contributed by atoms with Crippen LogP contribution in [0.3, 0.4) is 0 Å². The van der Waals surface area contributed by atoms with E-state index in [0.717, 1.165) is 11.1 Å². The molecule has 1 atom stereocenters. The van der Waals surface area contributed by atoms with Gasteiger partial charge in [-0.2, -0.15) is 5.26 Å². The van der Waals surface area contributed by atoms with Crippen LogP contribution in [0.4, 0.5) is 0 Å². The molecule has 2 heterocycles. The molecule has 0 saturated heterocycles. The van der Waals surface area contributed by atoms with Crippen LogP contribution in [0, 0.1) is 17.2 Å². The molecule has 0 radical (unpaired) electrons. The number of hydrogen-bond donors (Lipinski definition) is 2. The van der Waals surface area contributed by atoms with Crippen LogP contribution in [0.15, 0.2) is 48.2 Å². The normalized spacial score (nSPS) is 16.3. The highest BCUT2D eigenvalue weighted by molar-refractivity contribution is 6.30. The molecule has 0 aliphatic carbocycles. The van der Waals surface area contributed by atoms with Gasteiger partial charge >= 0.3 is 5.97 Å². The minimum Gasteiger partial charge on any atom is -0.507 e. The highest BCUT2D eigenvalue weighted by atomic mass is 35.5. The summed E-state index contributed by atoms with van der Waals surface area (Å²) in [6.07, 6.45) is 0.424. The number of aliphatic hydroxyl groups excluding tert-OH is 1. The summed E-state index contributed by atoms with van der Waals surface area (Å²) in [5.74, 6) is -0.515. The van der Waals surface area contributed by atoms with E-state index in [1.807, 2.05) is 24.3 Å². The van der Waals surface area contributed by atoms with Gasteiger partial charge in [0.1, 0.15) is 30.6 Å². The van der Waals surface area contributed by atoms with Gasteiger partial charge in [-0.05, 0) is 42.3 Å². The van der Waals surface area contributed by atoms with Crippen molar-refractivity contribution in [1.82, 2.24) is 9.97 Å². The van der Waals surface area contributed by atoms with Gasteiger partial charge in [-0.25, -0.2) is 4.98 Å². The maximum absolute atomic E-state index is 12.4. The molecule has 1 aromatic heterocycles. The molecule has 3 aromatic rings. The van der Waals surface area contributed by atoms with E-state index in [9.17, 15) is 15.2 Å². The number of rotatable bonds is 4. The summed E-state index contributed by atoms with van der Waals surface area (Å²) >= 11 is 5.99. The average Bonchev–Trinajstić information content (AvgIpc) is 3.15. The lowest BCUT2D eigenvalue weighted by molar-refractivity contribution is -0.149. The minimum absolute atomic E-state index is 0.0778. The Morgan fingerprint density at radius 2 is 2.21 bits per heavy atom. The van der Waals surface area contributed by atoms with Crippen molar-refractivity contribution in [1.29, 1.82) is 5.26 Å². The van der Waals surface area contributed by atoms with Crippen LogP contribution in [-0.4, -0.2) is 34.3 Å². The van der Waals surface area contributed by atoms with Crippen molar-refractivity contribution in [3.05, 3.63) is 64.6 Å². The number of fused-ring (bicyclic) bond motifs is 2. The lowest BCUT2D eigenvalue weighted by Gasteiger charge is -2.24. The van der Waals surface area contributed by atoms with E-state index < -0.39 is 18.5 Å². The fourth-order valence-electron chi connectivity index (χ4n) is 3.17. The van der Waals surface area contributed by atoms with Crippen molar-refractivity contribution < 1.29 is 19.4 Å². The zero-order valence-corrected chi connectivity index (χ0v) is 15.9. The van der Waals surface area contributed by atoms with E-state index in [0.29, 0.717) is 22.7 Å². The molecule has 1 aliphatic heterocycles. The summed E-state index contributed by atoms with van der Waals surface area (Å²) in [6, 6.07) is 14.4. The Morgan fingerprint density at radius 3 is 3.00 bits per heavy atom. The Labute approximate surface area is 171 Å². The van der Waals surface area contributed by atoms with Crippen molar-refractivity contribution in [3.8, 4) is 11.8 Å². The summed E-state index contributed by atoms with van der Waals surface area (Å²) < 4.78 is 10.8. The van der Waals surface area contributed by atoms with Gasteiger partial charge in [0.2, 0.25) is 0 Å². The number of allylic oxidation sites excluding steroid dienone is 1. The Morgan fingerprint density at radius 1 is 1.38 bits per heavy atom. The number of ether oxygens (including phenoxy) is 2. The summed E-state index contributed by atoms with van der Waals surface area (Å²) in [7, 11) is 0. The first kappa shape index (κ1) is 18.8. The largest absolute Gasteiger partial charge is 0.507 e. The van der Waals surface area contributed by atoms with E-state index in [2.05, 4.69) is 9.97 Å². The number of nitrogens with one attached hydrogen (secondary N) is 1. The van der Waals surface area contributed by atoms with Gasteiger partial charge in [0.25, 0.3) is 0 Å². The molecule has 4 rings (SSSR count). The maximum Gasteiger partial charge on any atom is 0.313 e. The van der Waals surface area contributed by atoms with Crippen molar-refractivity contribution in [3.63, 3.8) is 0 Å². The topological polar surface area (TPSA) is 108 Å². The third-order valence-electron chi connectivity index (χ3n) is 4.64. The Balaban J connectivity index is 1.46. The number of aromatic amines is 1. The van der Waals surface area contributed by atoms with Crippen LogP contribution in [0.1, 0.15) is 11.4 Å². The molecule has 0 amide bonds. The standard InChI is InChI=1S/C21H16ClN3O4/c22-14-5-6-19-12(8-14)7-13(10-28-19)21(27)29-11-18(26)15(9-23)20-24-16-3-1-2-4-17(16)25-20/h1-6,8,13,26H,7,10-11H2,(H,24,25)/b18-15-/t13-/m0/s1. The molecule has 0 fully saturated rings. The third-order valence-corrected chi connectivity index (χ3v) is 4.88. The number of esters is 1. The van der Waals surface area contributed by atoms with Crippen molar-refractivity contribution in [2.75, 3.05) is 13.2 Å². The average molecular weight is 410 g/mol. The molecular weight excluding hydrogens is 394 g/mol. The van der Waals surface area contributed by atoms with Gasteiger partial charge in [0.05, 0.1) is 17.0 Å². The number of imidazole rings is 1. The number of nitrogens with zero attached hydrogens (tertiary/aromatic N) is 2. The molecule has 0 saturated carbocycles. The second-order valence-electron chi connectivity index (χ2n) is 6.61. The molecular formula is C21H16ClN3O4. The lowest BCUT2D eigenvalue weighted by atomic mass is 9.97. The van der Waals surface area contributed by atoms with Crippen LogP contribution in [0.2, 0.25) is 5.02 Å². The third kappa shape index (κ3) is 3.89. The van der Waals surface area contributed by atoms with Gasteiger partial charge < -0.3 is 19.6 Å². The number of para-hydroxylation sites is 2. The fourth-order valence-corrected chi connectivity index (χ4v) is 3.36. The summed E-state index contributed by atoms with van der Waals surface area (Å²) in [5, 5.41) is 20.3. The summed E-state index contributed by atoms with van der Waals surface area (Å²) in [4.78, 5) is 19.7. The predicted octanol–water partition coefficient (Wildman–Crippen LogP) is 3.80. The molecule has 0 unspecified atom stereocenters. The smallest absolute Gasteiger partial charge is 0.313 e. The number of aromatic nitrogens is 2. The zero-order chi connectivity index (χ0) is 20.4. The van der Waals surface area contributed by atoms with E-state index in [-0.39, 0.29) is 23.8 Å². The van der Waals surface area contributed by atoms with Gasteiger partial charge in [-0.15, -0.1) is 0 Å². The molecule has 29 heavy (non-hydrogen) atoms. The fraction of sp³-hybridized carbons (Fsp3) is 0.190. The number of carbonyl (C=O) groups excluding carboxylic acids is 1. The van der Waals surface area contributed by atoms with Crippen molar-refractivity contribution in [2.45, 2.75) is 6.42 Å². The highest BCUT2D eigenvalue weighted by Crippen LogP contribution is 2.30. The zero-order valence-electron chi connectivity index (χ0n) is 15.2. The Hall–Kier alpha value is -3.50. The van der Waals surface area contributed by atoms with Gasteiger partial charge in [-0.1, -0.05) is 23.7 Å². The number of carbonyl (C=O) groups is 1. The monoisotopic (exact) mass is 409 g/mol. The SMILES string of the molecule is N#C/C(=C(/O)COC(=O)[C@@H]1COc2ccc(Cl)cc2C1)c1nc2ccccc2[nH]1. The molecule has 0 spiro atoms. The molecule has 0 bridgehead atoms. The molecule has 2 aromatic carbocycles. The van der Waals surface area contributed by atoms with Gasteiger partial charge in [-0.3, -0.25) is 4.79 Å². The first-order valence-corrected chi connectivity index (χ1v) is 9.28. The molecule has 146 valence electrons. The Kier molecular flexibility index (Phi) is 5.10. The molecule has 1 aliphatic rings. The first-order valence-electron chi connectivity index (χ1n) is 8.90. The van der Waals surface area contributed by atoms with Crippen LogP contribution < -0.4 is 4.74 Å².